The number of aliphatic hydroxyl groups is 1. The van der Waals surface area contributed by atoms with Crippen molar-refractivity contribution in [2.75, 3.05) is 10.6 Å². The van der Waals surface area contributed by atoms with Crippen LogP contribution in [0.4, 0.5) is 20.2 Å². The SMILES string of the molecule is O=C(Nc1ccc(C2CCCCC2)nc1)C(O)Nc1c[nH]c2cc(F)c(F)cc12. The molecular weight excluding hydrogens is 378 g/mol. The van der Waals surface area contributed by atoms with E-state index in [0.29, 0.717) is 22.5 Å². The maximum atomic E-state index is 13.5. The molecular formula is C21H22F2N4O2. The van der Waals surface area contributed by atoms with Crippen LogP contribution >= 0.6 is 0 Å². The van der Waals surface area contributed by atoms with Crippen LogP contribution in [0.2, 0.25) is 0 Å². The van der Waals surface area contributed by atoms with Gasteiger partial charge in [0.25, 0.3) is 5.91 Å². The zero-order valence-corrected chi connectivity index (χ0v) is 15.7. The Balaban J connectivity index is 1.40. The number of carbonyl (C=O) groups is 1. The number of anilines is 2. The van der Waals surface area contributed by atoms with E-state index in [9.17, 15) is 18.7 Å². The number of aromatic nitrogens is 2. The Hall–Kier alpha value is -3.00. The van der Waals surface area contributed by atoms with Gasteiger partial charge < -0.3 is 20.7 Å². The second-order valence-electron chi connectivity index (χ2n) is 7.36. The van der Waals surface area contributed by atoms with E-state index in [2.05, 4.69) is 20.6 Å². The van der Waals surface area contributed by atoms with E-state index in [4.69, 9.17) is 0 Å². The number of aromatic amines is 1. The summed E-state index contributed by atoms with van der Waals surface area (Å²) in [7, 11) is 0. The second kappa shape index (κ2) is 8.16. The van der Waals surface area contributed by atoms with Crippen LogP contribution in [0.25, 0.3) is 10.9 Å². The third-order valence-electron chi connectivity index (χ3n) is 5.34. The van der Waals surface area contributed by atoms with Gasteiger partial charge in [-0.1, -0.05) is 19.3 Å². The molecule has 3 aromatic rings. The first-order chi connectivity index (χ1) is 14.0. The first kappa shape index (κ1) is 19.3. The average Bonchev–Trinajstić information content (AvgIpc) is 3.11. The predicted octanol–water partition coefficient (Wildman–Crippen LogP) is 4.26. The van der Waals surface area contributed by atoms with Crippen molar-refractivity contribution < 1.29 is 18.7 Å². The molecule has 1 aromatic carbocycles. The number of fused-ring (bicyclic) bond motifs is 1. The molecule has 0 aliphatic heterocycles. The molecule has 0 bridgehead atoms. The number of pyridine rings is 1. The van der Waals surface area contributed by atoms with Gasteiger partial charge in [-0.25, -0.2) is 8.78 Å². The summed E-state index contributed by atoms with van der Waals surface area (Å²) in [6.07, 6.45) is 7.40. The third-order valence-corrected chi connectivity index (χ3v) is 5.34. The van der Waals surface area contributed by atoms with Gasteiger partial charge in [-0.2, -0.15) is 0 Å². The fraction of sp³-hybridized carbons (Fsp3) is 0.333. The number of rotatable bonds is 5. The van der Waals surface area contributed by atoms with Crippen molar-refractivity contribution in [1.29, 1.82) is 0 Å². The quantitative estimate of drug-likeness (QED) is 0.482. The summed E-state index contributed by atoms with van der Waals surface area (Å²) < 4.78 is 26.8. The molecule has 29 heavy (non-hydrogen) atoms. The van der Waals surface area contributed by atoms with Crippen LogP contribution in [0.5, 0.6) is 0 Å². The zero-order chi connectivity index (χ0) is 20.4. The number of amides is 1. The van der Waals surface area contributed by atoms with Gasteiger partial charge in [-0.3, -0.25) is 9.78 Å². The van der Waals surface area contributed by atoms with Crippen LogP contribution in [-0.4, -0.2) is 27.2 Å². The molecule has 6 nitrogen and oxygen atoms in total. The summed E-state index contributed by atoms with van der Waals surface area (Å²) in [4.78, 5) is 19.5. The lowest BCUT2D eigenvalue weighted by molar-refractivity contribution is -0.122. The highest BCUT2D eigenvalue weighted by Crippen LogP contribution is 2.31. The molecule has 4 rings (SSSR count). The maximum Gasteiger partial charge on any atom is 0.274 e. The largest absolute Gasteiger partial charge is 0.366 e. The summed E-state index contributed by atoms with van der Waals surface area (Å²) in [5.41, 5.74) is 2.13. The van der Waals surface area contributed by atoms with E-state index >= 15 is 0 Å². The minimum absolute atomic E-state index is 0.285. The molecule has 1 aliphatic carbocycles. The van der Waals surface area contributed by atoms with E-state index in [0.717, 1.165) is 30.7 Å². The fourth-order valence-corrected chi connectivity index (χ4v) is 3.78. The highest BCUT2D eigenvalue weighted by atomic mass is 19.2. The number of hydrogen-bond donors (Lipinski definition) is 4. The lowest BCUT2D eigenvalue weighted by Gasteiger charge is -2.21. The molecule has 4 N–H and O–H groups in total. The highest BCUT2D eigenvalue weighted by molar-refractivity contribution is 5.98. The molecule has 2 heterocycles. The lowest BCUT2D eigenvalue weighted by atomic mass is 9.87. The molecule has 0 saturated heterocycles. The van der Waals surface area contributed by atoms with Crippen molar-refractivity contribution in [3.63, 3.8) is 0 Å². The molecule has 1 saturated carbocycles. The zero-order valence-electron chi connectivity index (χ0n) is 15.7. The van der Waals surface area contributed by atoms with Gasteiger partial charge in [-0.05, 0) is 31.0 Å². The number of nitrogens with one attached hydrogen (secondary N) is 3. The number of benzene rings is 1. The normalized spacial score (nSPS) is 16.0. The molecule has 1 atom stereocenters. The van der Waals surface area contributed by atoms with Gasteiger partial charge in [0.2, 0.25) is 6.23 Å². The van der Waals surface area contributed by atoms with Gasteiger partial charge in [0, 0.05) is 29.3 Å². The number of halogens is 2. The monoisotopic (exact) mass is 400 g/mol. The lowest BCUT2D eigenvalue weighted by Crippen LogP contribution is -2.34. The molecule has 152 valence electrons. The Kier molecular flexibility index (Phi) is 5.44. The smallest absolute Gasteiger partial charge is 0.274 e. The Morgan fingerprint density at radius 3 is 2.66 bits per heavy atom. The van der Waals surface area contributed by atoms with Crippen molar-refractivity contribution in [3.8, 4) is 0 Å². The van der Waals surface area contributed by atoms with E-state index in [-0.39, 0.29) is 5.69 Å². The second-order valence-corrected chi connectivity index (χ2v) is 7.36. The van der Waals surface area contributed by atoms with Crippen LogP contribution in [0.1, 0.15) is 43.7 Å². The van der Waals surface area contributed by atoms with E-state index < -0.39 is 23.8 Å². The summed E-state index contributed by atoms with van der Waals surface area (Å²) in [5, 5.41) is 15.7. The van der Waals surface area contributed by atoms with Gasteiger partial charge in [-0.15, -0.1) is 0 Å². The Labute approximate surface area is 166 Å². The van der Waals surface area contributed by atoms with Crippen LogP contribution in [0, 0.1) is 11.6 Å². The maximum absolute atomic E-state index is 13.5. The Morgan fingerprint density at radius 2 is 1.93 bits per heavy atom. The predicted molar refractivity (Wildman–Crippen MR) is 107 cm³/mol. The van der Waals surface area contributed by atoms with Gasteiger partial charge in [0.1, 0.15) is 0 Å². The van der Waals surface area contributed by atoms with Gasteiger partial charge in [0.05, 0.1) is 23.1 Å². The summed E-state index contributed by atoms with van der Waals surface area (Å²) in [6, 6.07) is 5.69. The minimum Gasteiger partial charge on any atom is -0.366 e. The minimum atomic E-state index is -1.58. The average molecular weight is 400 g/mol. The summed E-state index contributed by atoms with van der Waals surface area (Å²) >= 11 is 0. The van der Waals surface area contributed by atoms with Gasteiger partial charge in [0.15, 0.2) is 11.6 Å². The number of carbonyl (C=O) groups excluding carboxylic acids is 1. The standard InChI is InChI=1S/C21H22F2N4O2/c22-15-8-14-18(9-16(15)23)25-11-19(14)27-21(29)20(28)26-13-6-7-17(24-10-13)12-4-2-1-3-5-12/h6-12,21,25,27,29H,1-5H2,(H,26,28). The van der Waals surface area contributed by atoms with Crippen molar-refractivity contribution in [2.45, 2.75) is 44.2 Å². The fourth-order valence-electron chi connectivity index (χ4n) is 3.78. The molecule has 8 heteroatoms. The molecule has 1 unspecified atom stereocenters. The van der Waals surface area contributed by atoms with E-state index in [1.54, 1.807) is 12.3 Å². The van der Waals surface area contributed by atoms with Gasteiger partial charge >= 0.3 is 0 Å². The number of H-pyrrole nitrogens is 1. The summed E-state index contributed by atoms with van der Waals surface area (Å²) in [6.45, 7) is 0. The molecule has 0 radical (unpaired) electrons. The third kappa shape index (κ3) is 4.22. The van der Waals surface area contributed by atoms with Crippen LogP contribution < -0.4 is 10.6 Å². The number of hydrogen-bond acceptors (Lipinski definition) is 4. The molecule has 1 fully saturated rings. The van der Waals surface area contributed by atoms with E-state index in [1.165, 1.54) is 25.5 Å². The Morgan fingerprint density at radius 1 is 1.17 bits per heavy atom. The van der Waals surface area contributed by atoms with Crippen LogP contribution in [-0.2, 0) is 4.79 Å². The first-order valence-corrected chi connectivity index (χ1v) is 9.69. The number of aliphatic hydroxyl groups excluding tert-OH is 1. The van der Waals surface area contributed by atoms with Crippen LogP contribution in [0.3, 0.4) is 0 Å². The topological polar surface area (TPSA) is 90.0 Å². The molecule has 1 amide bonds. The molecule has 0 spiro atoms. The molecule has 1 aliphatic rings. The van der Waals surface area contributed by atoms with Crippen molar-refractivity contribution in [3.05, 3.63) is 54.0 Å². The van der Waals surface area contributed by atoms with Crippen molar-refractivity contribution in [2.24, 2.45) is 0 Å². The first-order valence-electron chi connectivity index (χ1n) is 9.69. The highest BCUT2D eigenvalue weighted by Gasteiger charge is 2.19. The van der Waals surface area contributed by atoms with Crippen molar-refractivity contribution >= 4 is 28.2 Å². The summed E-state index contributed by atoms with van der Waals surface area (Å²) in [5.74, 6) is -2.21. The van der Waals surface area contributed by atoms with Crippen molar-refractivity contribution in [1.82, 2.24) is 9.97 Å². The number of nitrogens with zero attached hydrogens (tertiary/aromatic N) is 1. The molecule has 2 aromatic heterocycles. The van der Waals surface area contributed by atoms with Crippen LogP contribution in [0.15, 0.2) is 36.7 Å². The van der Waals surface area contributed by atoms with E-state index in [1.807, 2.05) is 6.07 Å². The Bertz CT molecular complexity index is 1010.